The number of carbonyl (C=O) groups excluding carboxylic acids is 1. The number of anilines is 1. The first-order valence-corrected chi connectivity index (χ1v) is 7.28. The summed E-state index contributed by atoms with van der Waals surface area (Å²) in [5.41, 5.74) is 2.82. The summed E-state index contributed by atoms with van der Waals surface area (Å²) in [4.78, 5) is 16.9. The van der Waals surface area contributed by atoms with Crippen LogP contribution in [0.25, 0.3) is 11.3 Å². The lowest BCUT2D eigenvalue weighted by Gasteiger charge is -2.06. The molecule has 0 fully saturated rings. The number of carbonyl (C=O) groups is 1. The molecule has 0 aliphatic carbocycles. The average molecular weight is 316 g/mol. The summed E-state index contributed by atoms with van der Waals surface area (Å²) in [5, 5.41) is 2.44. The van der Waals surface area contributed by atoms with Crippen LogP contribution < -0.4 is 5.32 Å². The van der Waals surface area contributed by atoms with Crippen molar-refractivity contribution in [2.75, 3.05) is 5.32 Å². The van der Waals surface area contributed by atoms with E-state index in [1.807, 2.05) is 30.3 Å². The molecule has 1 amide bonds. The van der Waals surface area contributed by atoms with Gasteiger partial charge in [-0.1, -0.05) is 30.3 Å². The van der Waals surface area contributed by atoms with Gasteiger partial charge in [0.05, 0.1) is 16.9 Å². The third-order valence-corrected chi connectivity index (χ3v) is 3.83. The van der Waals surface area contributed by atoms with Crippen LogP contribution >= 0.6 is 11.3 Å². The number of hydrogen-bond acceptors (Lipinski definition) is 3. The van der Waals surface area contributed by atoms with Gasteiger partial charge in [0.1, 0.15) is 16.5 Å². The summed E-state index contributed by atoms with van der Waals surface area (Å²) < 4.78 is 26.5. The fourth-order valence-corrected chi connectivity index (χ4v) is 2.68. The predicted octanol–water partition coefficient (Wildman–Crippen LogP) is 4.34. The van der Waals surface area contributed by atoms with E-state index in [1.54, 1.807) is 5.51 Å². The van der Waals surface area contributed by atoms with Gasteiger partial charge in [-0.25, -0.2) is 13.8 Å². The zero-order valence-electron chi connectivity index (χ0n) is 11.2. The number of thiazole rings is 1. The minimum absolute atomic E-state index is 0.0705. The van der Waals surface area contributed by atoms with Crippen molar-refractivity contribution in [2.45, 2.75) is 0 Å². The molecular formula is C16H10F2N2OS. The van der Waals surface area contributed by atoms with Crippen LogP contribution in [-0.4, -0.2) is 10.9 Å². The largest absolute Gasteiger partial charge is 0.319 e. The standard InChI is InChI=1S/C16H10F2N2OS/c17-11-6-7-13(12(18)8-11)20-16(21)15-14(19-9-22-15)10-4-2-1-3-5-10/h1-9H,(H,20,21). The van der Waals surface area contributed by atoms with Crippen molar-refractivity contribution in [1.29, 1.82) is 0 Å². The topological polar surface area (TPSA) is 42.0 Å². The van der Waals surface area contributed by atoms with Gasteiger partial charge < -0.3 is 5.32 Å². The van der Waals surface area contributed by atoms with Crippen molar-refractivity contribution in [2.24, 2.45) is 0 Å². The van der Waals surface area contributed by atoms with E-state index in [-0.39, 0.29) is 5.69 Å². The lowest BCUT2D eigenvalue weighted by atomic mass is 10.1. The molecule has 3 rings (SSSR count). The van der Waals surface area contributed by atoms with E-state index in [9.17, 15) is 13.6 Å². The predicted molar refractivity (Wildman–Crippen MR) is 81.9 cm³/mol. The van der Waals surface area contributed by atoms with Crippen LogP contribution in [0.3, 0.4) is 0 Å². The molecular weight excluding hydrogens is 306 g/mol. The van der Waals surface area contributed by atoms with Crippen molar-refractivity contribution in [3.63, 3.8) is 0 Å². The van der Waals surface area contributed by atoms with Crippen LogP contribution in [0.5, 0.6) is 0 Å². The molecule has 6 heteroatoms. The Morgan fingerprint density at radius 2 is 1.86 bits per heavy atom. The highest BCUT2D eigenvalue weighted by Gasteiger charge is 2.17. The summed E-state index contributed by atoms with van der Waals surface area (Å²) in [5.74, 6) is -2.00. The number of benzene rings is 2. The van der Waals surface area contributed by atoms with E-state index in [1.165, 1.54) is 6.07 Å². The summed E-state index contributed by atoms with van der Waals surface area (Å²) in [7, 11) is 0. The Balaban J connectivity index is 1.89. The monoisotopic (exact) mass is 316 g/mol. The molecule has 1 heterocycles. The van der Waals surface area contributed by atoms with Crippen LogP contribution in [0.1, 0.15) is 9.67 Å². The highest BCUT2D eigenvalue weighted by atomic mass is 32.1. The molecule has 0 saturated heterocycles. The number of aromatic nitrogens is 1. The second-order valence-corrected chi connectivity index (χ2v) is 5.33. The second kappa shape index (κ2) is 6.03. The van der Waals surface area contributed by atoms with Crippen LogP contribution in [-0.2, 0) is 0 Å². The molecule has 1 N–H and O–H groups in total. The van der Waals surface area contributed by atoms with Gasteiger partial charge in [-0.15, -0.1) is 11.3 Å². The van der Waals surface area contributed by atoms with Gasteiger partial charge in [0.25, 0.3) is 5.91 Å². The first-order valence-electron chi connectivity index (χ1n) is 6.40. The molecule has 0 bridgehead atoms. The van der Waals surface area contributed by atoms with Crippen molar-refractivity contribution >= 4 is 22.9 Å². The van der Waals surface area contributed by atoms with Gasteiger partial charge >= 0.3 is 0 Å². The maximum atomic E-state index is 13.6. The third-order valence-electron chi connectivity index (χ3n) is 3.00. The summed E-state index contributed by atoms with van der Waals surface area (Å²) in [6.45, 7) is 0. The maximum Gasteiger partial charge on any atom is 0.268 e. The van der Waals surface area contributed by atoms with Crippen molar-refractivity contribution in [3.8, 4) is 11.3 Å². The fourth-order valence-electron chi connectivity index (χ4n) is 1.98. The van der Waals surface area contributed by atoms with Crippen LogP contribution in [0.2, 0.25) is 0 Å². The summed E-state index contributed by atoms with van der Waals surface area (Å²) >= 11 is 1.16. The lowest BCUT2D eigenvalue weighted by Crippen LogP contribution is -2.12. The number of nitrogens with zero attached hydrogens (tertiary/aromatic N) is 1. The molecule has 0 saturated carbocycles. The van der Waals surface area contributed by atoms with E-state index in [2.05, 4.69) is 10.3 Å². The molecule has 110 valence electrons. The number of hydrogen-bond donors (Lipinski definition) is 1. The molecule has 0 unspecified atom stereocenters. The number of amides is 1. The van der Waals surface area contributed by atoms with Gasteiger partial charge in [-0.2, -0.15) is 0 Å². The van der Waals surface area contributed by atoms with Gasteiger partial charge in [0.15, 0.2) is 0 Å². The lowest BCUT2D eigenvalue weighted by molar-refractivity contribution is 0.103. The number of halogens is 2. The summed E-state index contributed by atoms with van der Waals surface area (Å²) in [6.07, 6.45) is 0. The van der Waals surface area contributed by atoms with Gasteiger partial charge in [0, 0.05) is 11.6 Å². The minimum Gasteiger partial charge on any atom is -0.319 e. The van der Waals surface area contributed by atoms with E-state index < -0.39 is 17.5 Å². The maximum absolute atomic E-state index is 13.6. The first kappa shape index (κ1) is 14.3. The molecule has 22 heavy (non-hydrogen) atoms. The van der Waals surface area contributed by atoms with Gasteiger partial charge in [-0.05, 0) is 12.1 Å². The zero-order valence-corrected chi connectivity index (χ0v) is 12.0. The minimum atomic E-state index is -0.820. The molecule has 1 aromatic heterocycles. The first-order chi connectivity index (χ1) is 10.6. The average Bonchev–Trinajstić information content (AvgIpc) is 3.00. The normalized spacial score (nSPS) is 10.5. The van der Waals surface area contributed by atoms with Crippen molar-refractivity contribution in [1.82, 2.24) is 4.98 Å². The van der Waals surface area contributed by atoms with Crippen LogP contribution in [0, 0.1) is 11.6 Å². The quantitative estimate of drug-likeness (QED) is 0.781. The SMILES string of the molecule is O=C(Nc1ccc(F)cc1F)c1scnc1-c1ccccc1. The Hall–Kier alpha value is -2.60. The highest BCUT2D eigenvalue weighted by Crippen LogP contribution is 2.26. The molecule has 0 spiro atoms. The fraction of sp³-hybridized carbons (Fsp3) is 0. The molecule has 0 radical (unpaired) electrons. The highest BCUT2D eigenvalue weighted by molar-refractivity contribution is 7.12. The molecule has 0 atom stereocenters. The molecule has 0 aliphatic heterocycles. The van der Waals surface area contributed by atoms with Crippen LogP contribution in [0.4, 0.5) is 14.5 Å². The van der Waals surface area contributed by atoms with E-state index in [0.29, 0.717) is 10.6 Å². The number of nitrogens with one attached hydrogen (secondary N) is 1. The van der Waals surface area contributed by atoms with Gasteiger partial charge in [-0.3, -0.25) is 4.79 Å². The van der Waals surface area contributed by atoms with Gasteiger partial charge in [0.2, 0.25) is 0 Å². The molecule has 3 aromatic rings. The smallest absolute Gasteiger partial charge is 0.268 e. The molecule has 0 aliphatic rings. The third kappa shape index (κ3) is 2.87. The second-order valence-electron chi connectivity index (χ2n) is 4.47. The van der Waals surface area contributed by atoms with E-state index in [0.717, 1.165) is 29.0 Å². The molecule has 2 aromatic carbocycles. The number of rotatable bonds is 3. The van der Waals surface area contributed by atoms with Crippen molar-refractivity contribution in [3.05, 3.63) is 70.6 Å². The Morgan fingerprint density at radius 3 is 2.59 bits per heavy atom. The molecule has 3 nitrogen and oxygen atoms in total. The summed E-state index contributed by atoms with van der Waals surface area (Å²) in [6, 6.07) is 12.2. The zero-order chi connectivity index (χ0) is 15.5. The van der Waals surface area contributed by atoms with E-state index in [4.69, 9.17) is 0 Å². The van der Waals surface area contributed by atoms with Crippen LogP contribution in [0.15, 0.2) is 54.0 Å². The Morgan fingerprint density at radius 1 is 1.09 bits per heavy atom. The van der Waals surface area contributed by atoms with Crippen molar-refractivity contribution < 1.29 is 13.6 Å². The Labute approximate surface area is 129 Å². The Bertz CT molecular complexity index is 818. The van der Waals surface area contributed by atoms with E-state index >= 15 is 0 Å². The Kier molecular flexibility index (Phi) is 3.93.